The Kier molecular flexibility index (Phi) is 6.80. The number of carbonyl (C=O) groups is 2. The van der Waals surface area contributed by atoms with Gasteiger partial charge in [-0.1, -0.05) is 55.3 Å². The van der Waals surface area contributed by atoms with Gasteiger partial charge < -0.3 is 25.4 Å². The molecule has 0 bridgehead atoms. The van der Waals surface area contributed by atoms with Crippen molar-refractivity contribution >= 4 is 28.9 Å². The summed E-state index contributed by atoms with van der Waals surface area (Å²) in [6, 6.07) is 13.4. The van der Waals surface area contributed by atoms with Crippen molar-refractivity contribution in [2.24, 2.45) is 28.6 Å². The molecule has 7 rings (SSSR count). The average Bonchev–Trinajstić information content (AvgIpc) is 3.48. The minimum Gasteiger partial charge on any atom is -0.399 e. The Labute approximate surface area is 256 Å². The number of fused-ring (bicyclic) bond motifs is 7. The number of ether oxygens (including phenoxy) is 2. The minimum absolute atomic E-state index is 0.00649. The first kappa shape index (κ1) is 28.9. The van der Waals surface area contributed by atoms with Gasteiger partial charge in [0.1, 0.15) is 6.61 Å². The molecule has 0 aromatic heterocycles. The largest absolute Gasteiger partial charge is 0.399 e. The van der Waals surface area contributed by atoms with Crippen molar-refractivity contribution in [2.45, 2.75) is 70.1 Å². The number of hydrogen-bond acceptors (Lipinski definition) is 7. The van der Waals surface area contributed by atoms with Crippen LogP contribution in [0.5, 0.6) is 0 Å². The molecule has 3 saturated carbocycles. The molecular weight excluding hydrogens is 566 g/mol. The third kappa shape index (κ3) is 4.16. The van der Waals surface area contributed by atoms with Crippen LogP contribution in [0.1, 0.15) is 62.5 Å². The SMILES string of the molecule is C[C@]12C=CC(=O)C=C1CC[C@@H]1[C@@H]2[C@@H](O)C[C@@]2(C)[C@H]1C[C@H]1O[C@H](c3cc(Cc4ccc(N)cc4)ccc3Cl)O[C@]12C(=O)CO. The highest BCUT2D eigenvalue weighted by molar-refractivity contribution is 6.31. The molecule has 4 N–H and O–H groups in total. The molecular formula is C35H38ClNO6. The molecule has 8 heteroatoms. The van der Waals surface area contributed by atoms with Crippen LogP contribution in [-0.2, 0) is 25.5 Å². The van der Waals surface area contributed by atoms with Gasteiger partial charge in [0.05, 0.1) is 12.2 Å². The standard InChI is InChI=1S/C35H38ClNO6/c1-33-12-11-23(39)15-21(33)6-9-24-26-16-30-35(29(41)18-38,34(26,2)17-28(40)31(24)33)43-32(42-30)25-14-20(5-10-27(25)36)13-19-3-7-22(37)8-4-19/h3-5,7-8,10-12,14-15,24,26,28,30-32,38,40H,6,9,13,16-18,37H2,1-2H3/t24-,26-,28-,30+,31+,32-,33-,34-,35+/m0/s1. The molecule has 9 atom stereocenters. The summed E-state index contributed by atoms with van der Waals surface area (Å²) in [6.45, 7) is 3.47. The Morgan fingerprint density at radius 3 is 2.63 bits per heavy atom. The van der Waals surface area contributed by atoms with E-state index >= 15 is 0 Å². The molecule has 1 heterocycles. The Morgan fingerprint density at radius 1 is 1.14 bits per heavy atom. The van der Waals surface area contributed by atoms with Gasteiger partial charge in [0.25, 0.3) is 0 Å². The van der Waals surface area contributed by atoms with Gasteiger partial charge >= 0.3 is 0 Å². The number of hydrogen-bond donors (Lipinski definition) is 3. The summed E-state index contributed by atoms with van der Waals surface area (Å²) >= 11 is 6.71. The van der Waals surface area contributed by atoms with Crippen LogP contribution in [0.4, 0.5) is 5.69 Å². The molecule has 5 aliphatic rings. The van der Waals surface area contributed by atoms with Gasteiger partial charge in [0, 0.05) is 33.0 Å². The number of benzene rings is 2. The van der Waals surface area contributed by atoms with Gasteiger partial charge in [-0.25, -0.2) is 0 Å². The normalized spacial score (nSPS) is 39.5. The van der Waals surface area contributed by atoms with Crippen molar-refractivity contribution in [2.75, 3.05) is 12.3 Å². The predicted octanol–water partition coefficient (Wildman–Crippen LogP) is 5.12. The lowest BCUT2D eigenvalue weighted by Crippen LogP contribution is -2.63. The monoisotopic (exact) mass is 603 g/mol. The van der Waals surface area contributed by atoms with E-state index in [1.807, 2.05) is 55.5 Å². The fourth-order valence-electron chi connectivity index (χ4n) is 9.58. The first-order valence-electron chi connectivity index (χ1n) is 15.2. The van der Waals surface area contributed by atoms with Crippen LogP contribution in [0.25, 0.3) is 0 Å². The van der Waals surface area contributed by atoms with E-state index in [0.29, 0.717) is 35.5 Å². The molecule has 2 aromatic carbocycles. The van der Waals surface area contributed by atoms with Crippen LogP contribution in [0.3, 0.4) is 0 Å². The summed E-state index contributed by atoms with van der Waals surface area (Å²) in [5.74, 6) is -0.395. The van der Waals surface area contributed by atoms with Crippen LogP contribution in [0, 0.1) is 28.6 Å². The van der Waals surface area contributed by atoms with E-state index < -0.39 is 47.3 Å². The highest BCUT2D eigenvalue weighted by Gasteiger charge is 2.76. The maximum absolute atomic E-state index is 13.8. The molecule has 4 aliphatic carbocycles. The van der Waals surface area contributed by atoms with Crippen LogP contribution in [0.2, 0.25) is 5.02 Å². The van der Waals surface area contributed by atoms with Gasteiger partial charge in [-0.05, 0) is 91.5 Å². The Balaban J connectivity index is 1.22. The zero-order chi connectivity index (χ0) is 30.3. The topological polar surface area (TPSA) is 119 Å². The molecule has 0 amide bonds. The van der Waals surface area contributed by atoms with Crippen LogP contribution >= 0.6 is 11.6 Å². The van der Waals surface area contributed by atoms with Crippen LogP contribution in [0.15, 0.2) is 66.3 Å². The van der Waals surface area contributed by atoms with E-state index in [1.54, 1.807) is 12.2 Å². The summed E-state index contributed by atoms with van der Waals surface area (Å²) in [5.41, 5.74) is 7.75. The van der Waals surface area contributed by atoms with Crippen molar-refractivity contribution in [1.29, 1.82) is 0 Å². The van der Waals surface area contributed by atoms with E-state index in [0.717, 1.165) is 29.5 Å². The van der Waals surface area contributed by atoms with Crippen molar-refractivity contribution in [3.05, 3.63) is 88.0 Å². The van der Waals surface area contributed by atoms with Crippen molar-refractivity contribution in [3.63, 3.8) is 0 Å². The van der Waals surface area contributed by atoms with E-state index in [-0.39, 0.29) is 23.5 Å². The van der Waals surface area contributed by atoms with Gasteiger partial charge in [0.2, 0.25) is 0 Å². The predicted molar refractivity (Wildman–Crippen MR) is 162 cm³/mol. The third-order valence-electron chi connectivity index (χ3n) is 11.5. The highest BCUT2D eigenvalue weighted by Crippen LogP contribution is 2.70. The fourth-order valence-corrected chi connectivity index (χ4v) is 9.79. The van der Waals surface area contributed by atoms with Gasteiger partial charge in [0.15, 0.2) is 23.5 Å². The number of ketones is 2. The lowest BCUT2D eigenvalue weighted by Gasteiger charge is -2.59. The number of aliphatic hydroxyl groups excluding tert-OH is 2. The fraction of sp³-hybridized carbons (Fsp3) is 0.486. The second kappa shape index (κ2) is 10.1. The number of nitrogen functional groups attached to an aromatic ring is 1. The number of anilines is 1. The second-order valence-electron chi connectivity index (χ2n) is 13.6. The lowest BCUT2D eigenvalue weighted by molar-refractivity contribution is -0.201. The molecule has 2 aromatic rings. The second-order valence-corrected chi connectivity index (χ2v) is 14.0. The first-order valence-corrected chi connectivity index (χ1v) is 15.6. The molecule has 1 saturated heterocycles. The molecule has 7 nitrogen and oxygen atoms in total. The van der Waals surface area contributed by atoms with Crippen molar-refractivity contribution in [1.82, 2.24) is 0 Å². The number of rotatable bonds is 5. The Hall–Kier alpha value is -2.81. The van der Waals surface area contributed by atoms with E-state index in [1.165, 1.54) is 0 Å². The highest BCUT2D eigenvalue weighted by atomic mass is 35.5. The van der Waals surface area contributed by atoms with E-state index in [2.05, 4.69) is 6.92 Å². The Bertz CT molecular complexity index is 1550. The molecule has 4 fully saturated rings. The Morgan fingerprint density at radius 2 is 1.88 bits per heavy atom. The first-order chi connectivity index (χ1) is 20.5. The third-order valence-corrected chi connectivity index (χ3v) is 11.8. The zero-order valence-corrected chi connectivity index (χ0v) is 25.2. The lowest BCUT2D eigenvalue weighted by atomic mass is 9.46. The number of carbonyl (C=O) groups excluding carboxylic acids is 2. The summed E-state index contributed by atoms with van der Waals surface area (Å²) in [7, 11) is 0. The molecule has 43 heavy (non-hydrogen) atoms. The van der Waals surface area contributed by atoms with Gasteiger partial charge in [-0.2, -0.15) is 0 Å². The zero-order valence-electron chi connectivity index (χ0n) is 24.5. The molecule has 0 spiro atoms. The molecule has 1 aliphatic heterocycles. The smallest absolute Gasteiger partial charge is 0.193 e. The number of halogens is 1. The quantitative estimate of drug-likeness (QED) is 0.406. The number of nitrogens with two attached hydrogens (primary N) is 1. The summed E-state index contributed by atoms with van der Waals surface area (Å²) in [4.78, 5) is 26.0. The molecule has 0 radical (unpaired) electrons. The molecule has 0 unspecified atom stereocenters. The number of Topliss-reactive ketones (excluding diaryl/α,β-unsaturated/α-hetero) is 1. The maximum Gasteiger partial charge on any atom is 0.193 e. The van der Waals surface area contributed by atoms with Crippen LogP contribution in [-0.4, -0.2) is 46.2 Å². The summed E-state index contributed by atoms with van der Waals surface area (Å²) in [5, 5.41) is 22.6. The van der Waals surface area contributed by atoms with Crippen molar-refractivity contribution < 1.29 is 29.3 Å². The van der Waals surface area contributed by atoms with Gasteiger partial charge in [-0.15, -0.1) is 0 Å². The van der Waals surface area contributed by atoms with Crippen molar-refractivity contribution in [3.8, 4) is 0 Å². The van der Waals surface area contributed by atoms with Crippen LogP contribution < -0.4 is 5.73 Å². The van der Waals surface area contributed by atoms with E-state index in [4.69, 9.17) is 26.8 Å². The molecule has 226 valence electrons. The maximum atomic E-state index is 13.8. The van der Waals surface area contributed by atoms with Gasteiger partial charge in [-0.3, -0.25) is 9.59 Å². The number of aliphatic hydroxyl groups is 2. The number of allylic oxidation sites excluding steroid dienone is 4. The summed E-state index contributed by atoms with van der Waals surface area (Å²) < 4.78 is 13.4. The van der Waals surface area contributed by atoms with E-state index in [9.17, 15) is 19.8 Å². The summed E-state index contributed by atoms with van der Waals surface area (Å²) in [6.07, 6.45) is 6.25. The minimum atomic E-state index is -1.42. The average molecular weight is 604 g/mol.